The Labute approximate surface area is 78.8 Å². The summed E-state index contributed by atoms with van der Waals surface area (Å²) >= 11 is 1.49. The van der Waals surface area contributed by atoms with Gasteiger partial charge in [-0.2, -0.15) is 8.42 Å². The summed E-state index contributed by atoms with van der Waals surface area (Å²) in [6.45, 7) is 0. The molecule has 1 aromatic carbocycles. The number of benzene rings is 1. The van der Waals surface area contributed by atoms with E-state index in [1.165, 1.54) is 23.5 Å². The lowest BCUT2D eigenvalue weighted by Crippen LogP contribution is -1.90. The molecule has 0 fully saturated rings. The third kappa shape index (κ3) is 1.57. The third-order valence-electron chi connectivity index (χ3n) is 1.71. The maximum absolute atomic E-state index is 12.5. The van der Waals surface area contributed by atoms with Crippen molar-refractivity contribution in [2.75, 3.05) is 0 Å². The van der Waals surface area contributed by atoms with Crippen LogP contribution < -0.4 is 0 Å². The topological polar surface area (TPSA) is 34.1 Å². The van der Waals surface area contributed by atoms with Crippen LogP contribution >= 0.6 is 11.3 Å². The van der Waals surface area contributed by atoms with Gasteiger partial charge in [0.1, 0.15) is 0 Å². The number of fused-ring (bicyclic) bond motifs is 1. The molecule has 0 amide bonds. The molecule has 0 radical (unpaired) electrons. The van der Waals surface area contributed by atoms with Crippen molar-refractivity contribution in [1.82, 2.24) is 0 Å². The van der Waals surface area contributed by atoms with Gasteiger partial charge in [-0.15, -0.1) is 15.2 Å². The summed E-state index contributed by atoms with van der Waals surface area (Å²) in [7, 11) is -4.57. The molecule has 68 valence electrons. The van der Waals surface area contributed by atoms with E-state index in [1.54, 1.807) is 12.1 Å². The average Bonchev–Trinajstić information content (AvgIpc) is 2.47. The number of rotatable bonds is 1. The Kier molecular flexibility index (Phi) is 1.85. The van der Waals surface area contributed by atoms with E-state index >= 15 is 0 Å². The highest BCUT2D eigenvalue weighted by molar-refractivity contribution is 7.86. The maximum Gasteiger partial charge on any atom is 0.332 e. The molecular weight excluding hydrogens is 211 g/mol. The fourth-order valence-corrected chi connectivity index (χ4v) is 2.37. The Morgan fingerprint density at radius 1 is 1.23 bits per heavy atom. The molecule has 0 spiro atoms. The lowest BCUT2D eigenvalue weighted by molar-refractivity contribution is 0.552. The van der Waals surface area contributed by atoms with E-state index in [2.05, 4.69) is 0 Å². The lowest BCUT2D eigenvalue weighted by Gasteiger charge is -1.93. The van der Waals surface area contributed by atoms with Crippen molar-refractivity contribution in [3.63, 3.8) is 0 Å². The predicted molar refractivity (Wildman–Crippen MR) is 50.1 cm³/mol. The molecule has 0 aliphatic rings. The molecule has 0 saturated carbocycles. The normalized spacial score (nSPS) is 12.1. The quantitative estimate of drug-likeness (QED) is 0.686. The van der Waals surface area contributed by atoms with Crippen LogP contribution in [0.2, 0.25) is 0 Å². The second-order valence-electron chi connectivity index (χ2n) is 2.56. The minimum absolute atomic E-state index is 0.279. The summed E-state index contributed by atoms with van der Waals surface area (Å²) in [6, 6.07) is 5.97. The Morgan fingerprint density at radius 2 is 2.00 bits per heavy atom. The van der Waals surface area contributed by atoms with Crippen molar-refractivity contribution in [1.29, 1.82) is 0 Å². The van der Waals surface area contributed by atoms with Gasteiger partial charge in [0.05, 0.1) is 4.90 Å². The number of hydrogen-bond donors (Lipinski definition) is 0. The van der Waals surface area contributed by atoms with Gasteiger partial charge in [0, 0.05) is 4.70 Å². The van der Waals surface area contributed by atoms with Gasteiger partial charge in [0.25, 0.3) is 0 Å². The van der Waals surface area contributed by atoms with Crippen LogP contribution in [0.3, 0.4) is 0 Å². The first-order valence-corrected chi connectivity index (χ1v) is 5.75. The molecule has 0 N–H and O–H groups in total. The zero-order chi connectivity index (χ0) is 9.47. The Bertz CT molecular complexity index is 542. The van der Waals surface area contributed by atoms with Crippen LogP contribution in [0.15, 0.2) is 34.5 Å². The van der Waals surface area contributed by atoms with Gasteiger partial charge in [-0.05, 0) is 35.0 Å². The molecule has 1 aromatic heterocycles. The molecule has 0 saturated heterocycles. The summed E-state index contributed by atoms with van der Waals surface area (Å²) in [5.74, 6) is 0. The molecule has 2 rings (SSSR count). The first-order valence-electron chi connectivity index (χ1n) is 3.49. The molecule has 2 nitrogen and oxygen atoms in total. The highest BCUT2D eigenvalue weighted by Crippen LogP contribution is 2.24. The van der Waals surface area contributed by atoms with Gasteiger partial charge in [-0.3, -0.25) is 0 Å². The molecule has 0 unspecified atom stereocenters. The molecule has 0 aliphatic carbocycles. The van der Waals surface area contributed by atoms with Crippen LogP contribution in [0.1, 0.15) is 0 Å². The van der Waals surface area contributed by atoms with Crippen LogP contribution in [-0.4, -0.2) is 8.42 Å². The van der Waals surface area contributed by atoms with Gasteiger partial charge in [0.15, 0.2) is 0 Å². The summed E-state index contributed by atoms with van der Waals surface area (Å²) in [4.78, 5) is -0.279. The molecule has 1 heterocycles. The van der Waals surface area contributed by atoms with E-state index in [0.29, 0.717) is 0 Å². The highest BCUT2D eigenvalue weighted by atomic mass is 32.3. The van der Waals surface area contributed by atoms with E-state index < -0.39 is 10.2 Å². The zero-order valence-corrected chi connectivity index (χ0v) is 8.03. The van der Waals surface area contributed by atoms with Crippen LogP contribution in [0, 0.1) is 0 Å². The van der Waals surface area contributed by atoms with Crippen molar-refractivity contribution in [3.05, 3.63) is 29.6 Å². The second-order valence-corrected chi connectivity index (χ2v) is 4.85. The van der Waals surface area contributed by atoms with E-state index in [1.807, 2.05) is 5.38 Å². The standard InChI is InChI=1S/C8H5FO2S2/c9-13(10,11)7-1-2-8-6(5-7)3-4-12-8/h1-5H. The summed E-state index contributed by atoms with van der Waals surface area (Å²) in [6.07, 6.45) is 0. The number of hydrogen-bond acceptors (Lipinski definition) is 3. The zero-order valence-electron chi connectivity index (χ0n) is 6.40. The number of halogens is 1. The summed E-state index contributed by atoms with van der Waals surface area (Å²) in [5.41, 5.74) is 0. The largest absolute Gasteiger partial charge is 0.332 e. The van der Waals surface area contributed by atoms with Gasteiger partial charge >= 0.3 is 10.2 Å². The minimum Gasteiger partial charge on any atom is -0.189 e. The highest BCUT2D eigenvalue weighted by Gasteiger charge is 2.11. The fourth-order valence-electron chi connectivity index (χ4n) is 1.10. The van der Waals surface area contributed by atoms with Crippen LogP contribution in [0.25, 0.3) is 10.1 Å². The maximum atomic E-state index is 12.5. The first-order chi connectivity index (χ1) is 6.07. The Morgan fingerprint density at radius 3 is 2.69 bits per heavy atom. The molecule has 13 heavy (non-hydrogen) atoms. The van der Waals surface area contributed by atoms with Crippen LogP contribution in [0.5, 0.6) is 0 Å². The molecule has 0 bridgehead atoms. The Balaban J connectivity index is 2.75. The molecule has 0 aliphatic heterocycles. The average molecular weight is 216 g/mol. The van der Waals surface area contributed by atoms with Crippen molar-refractivity contribution in [2.45, 2.75) is 4.90 Å². The second kappa shape index (κ2) is 2.78. The SMILES string of the molecule is O=S(=O)(F)c1ccc2sccc2c1. The molecule has 2 aromatic rings. The smallest absolute Gasteiger partial charge is 0.189 e. The minimum atomic E-state index is -4.57. The van der Waals surface area contributed by atoms with Crippen LogP contribution in [0.4, 0.5) is 3.89 Å². The fraction of sp³-hybridized carbons (Fsp3) is 0. The summed E-state index contributed by atoms with van der Waals surface area (Å²) < 4.78 is 34.6. The van der Waals surface area contributed by atoms with E-state index in [4.69, 9.17) is 0 Å². The third-order valence-corrected chi connectivity index (χ3v) is 3.42. The van der Waals surface area contributed by atoms with Crippen molar-refractivity contribution < 1.29 is 12.3 Å². The first kappa shape index (κ1) is 8.65. The Hall–Kier alpha value is -0.940. The predicted octanol–water partition coefficient (Wildman–Crippen LogP) is 2.56. The van der Waals surface area contributed by atoms with E-state index in [-0.39, 0.29) is 4.90 Å². The van der Waals surface area contributed by atoms with Crippen LogP contribution in [-0.2, 0) is 10.2 Å². The molecule has 0 atom stereocenters. The summed E-state index contributed by atoms with van der Waals surface area (Å²) in [5, 5.41) is 2.59. The van der Waals surface area contributed by atoms with Crippen molar-refractivity contribution in [2.24, 2.45) is 0 Å². The molecule has 5 heteroatoms. The van der Waals surface area contributed by atoms with Gasteiger partial charge in [-0.1, -0.05) is 0 Å². The van der Waals surface area contributed by atoms with E-state index in [9.17, 15) is 12.3 Å². The van der Waals surface area contributed by atoms with Gasteiger partial charge in [-0.25, -0.2) is 0 Å². The molecular formula is C8H5FO2S2. The van der Waals surface area contributed by atoms with Crippen molar-refractivity contribution in [3.8, 4) is 0 Å². The van der Waals surface area contributed by atoms with E-state index in [0.717, 1.165) is 10.1 Å². The number of thiophene rings is 1. The lowest BCUT2D eigenvalue weighted by atomic mass is 10.3. The van der Waals surface area contributed by atoms with Gasteiger partial charge < -0.3 is 0 Å². The van der Waals surface area contributed by atoms with Crippen molar-refractivity contribution >= 4 is 31.6 Å². The monoisotopic (exact) mass is 216 g/mol. The van der Waals surface area contributed by atoms with Gasteiger partial charge in [0.2, 0.25) is 0 Å².